The molecule has 0 amide bonds. The third-order valence-electron chi connectivity index (χ3n) is 10.1. The summed E-state index contributed by atoms with van der Waals surface area (Å²) in [4.78, 5) is 0. The molecule has 0 bridgehead atoms. The first kappa shape index (κ1) is 24.2. The van der Waals surface area contributed by atoms with Gasteiger partial charge >= 0.3 is 0 Å². The largest absolute Gasteiger partial charge is 0.456 e. The van der Waals surface area contributed by atoms with Crippen LogP contribution in [0.15, 0.2) is 156 Å². The minimum Gasteiger partial charge on any atom is -0.456 e. The quantitative estimate of drug-likeness (QED) is 0.176. The van der Waals surface area contributed by atoms with Gasteiger partial charge in [0.2, 0.25) is 0 Å². The maximum absolute atomic E-state index is 6.77. The average Bonchev–Trinajstić information content (AvgIpc) is 3.64. The van der Waals surface area contributed by atoms with Gasteiger partial charge in [-0.3, -0.25) is 0 Å². The molecule has 2 heterocycles. The summed E-state index contributed by atoms with van der Waals surface area (Å²) in [7, 11) is 0. The maximum atomic E-state index is 6.77. The molecule has 2 nitrogen and oxygen atoms in total. The van der Waals surface area contributed by atoms with Gasteiger partial charge in [0.1, 0.15) is 11.2 Å². The number of nitrogens with zero attached hydrogens (tertiary/aromatic N) is 1. The van der Waals surface area contributed by atoms with Crippen molar-refractivity contribution >= 4 is 97.6 Å². The van der Waals surface area contributed by atoms with Crippen molar-refractivity contribution in [2.75, 3.05) is 0 Å². The Morgan fingerprint density at radius 1 is 0.326 bits per heavy atom. The first-order valence-corrected chi connectivity index (χ1v) is 15.9. The highest BCUT2D eigenvalue weighted by Gasteiger charge is 2.20. The molecule has 0 saturated heterocycles. The van der Waals surface area contributed by atoms with Crippen molar-refractivity contribution < 1.29 is 4.42 Å². The van der Waals surface area contributed by atoms with E-state index in [0.29, 0.717) is 0 Å². The molecule has 2 heteroatoms. The molecule has 0 atom stereocenters. The number of hydrogen-bond donors (Lipinski definition) is 0. The van der Waals surface area contributed by atoms with Crippen molar-refractivity contribution in [1.29, 1.82) is 0 Å². The number of rotatable bonds is 1. The summed E-state index contributed by atoms with van der Waals surface area (Å²) in [5.41, 5.74) is 5.36. The normalized spacial score (nSPS) is 12.3. The van der Waals surface area contributed by atoms with Gasteiger partial charge in [-0.1, -0.05) is 109 Å². The van der Waals surface area contributed by atoms with Gasteiger partial charge in [0.05, 0.1) is 11.0 Å². The molecule has 11 aromatic rings. The molecular formula is C44H25NO. The molecule has 0 unspecified atom stereocenters. The highest BCUT2D eigenvalue weighted by atomic mass is 16.3. The third-order valence-corrected chi connectivity index (χ3v) is 10.1. The van der Waals surface area contributed by atoms with Crippen LogP contribution in [0.5, 0.6) is 0 Å². The van der Waals surface area contributed by atoms with Crippen molar-refractivity contribution in [3.05, 3.63) is 152 Å². The van der Waals surface area contributed by atoms with E-state index in [1.165, 1.54) is 75.7 Å². The second-order valence-corrected chi connectivity index (χ2v) is 12.5. The Morgan fingerprint density at radius 3 is 1.61 bits per heavy atom. The van der Waals surface area contributed by atoms with Crippen LogP contribution in [0.3, 0.4) is 0 Å². The molecule has 0 radical (unpaired) electrons. The van der Waals surface area contributed by atoms with Gasteiger partial charge in [0, 0.05) is 27.2 Å². The smallest absolute Gasteiger partial charge is 0.136 e. The van der Waals surface area contributed by atoms with Gasteiger partial charge in [-0.05, 0) is 96.3 Å². The van der Waals surface area contributed by atoms with Crippen molar-refractivity contribution in [1.82, 2.24) is 4.57 Å². The lowest BCUT2D eigenvalue weighted by atomic mass is 9.93. The number of aromatic nitrogens is 1. The summed E-state index contributed by atoms with van der Waals surface area (Å²) in [5, 5.41) is 17.4. The zero-order valence-electron chi connectivity index (χ0n) is 24.8. The van der Waals surface area contributed by atoms with Crippen LogP contribution in [0.4, 0.5) is 0 Å². The summed E-state index contributed by atoms with van der Waals surface area (Å²) in [6, 6.07) is 55.3. The van der Waals surface area contributed by atoms with E-state index in [-0.39, 0.29) is 0 Å². The van der Waals surface area contributed by atoms with E-state index in [1.54, 1.807) is 0 Å². The van der Waals surface area contributed by atoms with Gasteiger partial charge in [0.15, 0.2) is 0 Å². The predicted molar refractivity (Wildman–Crippen MR) is 196 cm³/mol. The van der Waals surface area contributed by atoms with Crippen LogP contribution >= 0.6 is 0 Å². The zero-order chi connectivity index (χ0) is 29.9. The fourth-order valence-electron chi connectivity index (χ4n) is 8.12. The van der Waals surface area contributed by atoms with E-state index in [2.05, 4.69) is 156 Å². The van der Waals surface area contributed by atoms with Crippen molar-refractivity contribution in [2.24, 2.45) is 0 Å². The molecule has 0 aliphatic heterocycles. The van der Waals surface area contributed by atoms with E-state index >= 15 is 0 Å². The Labute approximate surface area is 263 Å². The molecule has 46 heavy (non-hydrogen) atoms. The molecule has 9 aromatic carbocycles. The zero-order valence-corrected chi connectivity index (χ0v) is 24.8. The van der Waals surface area contributed by atoms with Crippen LogP contribution in [0.25, 0.3) is 103 Å². The van der Waals surface area contributed by atoms with Crippen LogP contribution in [-0.4, -0.2) is 4.57 Å². The molecule has 0 fully saturated rings. The van der Waals surface area contributed by atoms with Gasteiger partial charge in [-0.25, -0.2) is 0 Å². The minimum atomic E-state index is 0.913. The monoisotopic (exact) mass is 583 g/mol. The lowest BCUT2D eigenvalue weighted by Crippen LogP contribution is -1.93. The summed E-state index contributed by atoms with van der Waals surface area (Å²) < 4.78 is 9.18. The highest BCUT2D eigenvalue weighted by Crippen LogP contribution is 2.44. The highest BCUT2D eigenvalue weighted by molar-refractivity contribution is 6.30. The van der Waals surface area contributed by atoms with E-state index in [0.717, 1.165) is 27.6 Å². The third kappa shape index (κ3) is 3.10. The molecule has 2 aromatic heterocycles. The number of hydrogen-bond acceptors (Lipinski definition) is 1. The summed E-state index contributed by atoms with van der Waals surface area (Å²) in [6.45, 7) is 0. The van der Waals surface area contributed by atoms with E-state index in [4.69, 9.17) is 4.42 Å². The number of fused-ring (bicyclic) bond motifs is 16. The Hall–Kier alpha value is -6.12. The minimum absolute atomic E-state index is 0.913. The molecule has 0 N–H and O–H groups in total. The Morgan fingerprint density at radius 2 is 0.870 bits per heavy atom. The standard InChI is InChI=1S/C44H25NO/c1-2-11-27(12-3-1)45-40-21-20-33-28-13-5-4-10-26(28)18-19-34(33)44(40)39-25-43-38(23-41(39)45)37-22-35-31-16-8-6-14-29(31)30-15-7-9-17-32(30)36(35)24-42(37)46-43/h1-25H. The number of para-hydroxylation sites is 1. The SMILES string of the molecule is c1ccc(-n2c3cc4c(cc3c3c5ccc6ccccc6c5ccc32)oc2cc3c5ccccc5c5ccccc5c3cc24)cc1. The summed E-state index contributed by atoms with van der Waals surface area (Å²) in [5.74, 6) is 0. The molecule has 0 aliphatic carbocycles. The fraction of sp³-hybridized carbons (Fsp3) is 0. The molecule has 11 rings (SSSR count). The lowest BCUT2D eigenvalue weighted by molar-refractivity contribution is 0.670. The average molecular weight is 584 g/mol. The molecule has 0 saturated carbocycles. The van der Waals surface area contributed by atoms with Gasteiger partial charge < -0.3 is 8.98 Å². The fourth-order valence-corrected chi connectivity index (χ4v) is 8.12. The van der Waals surface area contributed by atoms with Gasteiger partial charge in [0.25, 0.3) is 0 Å². The van der Waals surface area contributed by atoms with Crippen LogP contribution < -0.4 is 0 Å². The second-order valence-electron chi connectivity index (χ2n) is 12.5. The summed E-state index contributed by atoms with van der Waals surface area (Å²) >= 11 is 0. The van der Waals surface area contributed by atoms with Gasteiger partial charge in [-0.15, -0.1) is 0 Å². The van der Waals surface area contributed by atoms with E-state index < -0.39 is 0 Å². The first-order valence-electron chi connectivity index (χ1n) is 15.9. The van der Waals surface area contributed by atoms with Crippen molar-refractivity contribution in [2.45, 2.75) is 0 Å². The number of furan rings is 1. The predicted octanol–water partition coefficient (Wildman–Crippen LogP) is 12.4. The van der Waals surface area contributed by atoms with Crippen LogP contribution in [0.1, 0.15) is 0 Å². The topological polar surface area (TPSA) is 18.1 Å². The molecule has 0 spiro atoms. The Kier molecular flexibility index (Phi) is 4.61. The van der Waals surface area contributed by atoms with E-state index in [9.17, 15) is 0 Å². The lowest BCUT2D eigenvalue weighted by Gasteiger charge is -2.10. The van der Waals surface area contributed by atoms with Crippen LogP contribution in [0, 0.1) is 0 Å². The molecule has 212 valence electrons. The van der Waals surface area contributed by atoms with Crippen molar-refractivity contribution in [3.8, 4) is 5.69 Å². The maximum Gasteiger partial charge on any atom is 0.136 e. The Bertz CT molecular complexity index is 3070. The molecular weight excluding hydrogens is 558 g/mol. The van der Waals surface area contributed by atoms with Crippen LogP contribution in [0.2, 0.25) is 0 Å². The molecule has 0 aliphatic rings. The second kappa shape index (κ2) is 8.74. The Balaban J connectivity index is 1.32. The van der Waals surface area contributed by atoms with E-state index in [1.807, 2.05) is 0 Å². The van der Waals surface area contributed by atoms with Crippen molar-refractivity contribution in [3.63, 3.8) is 0 Å². The van der Waals surface area contributed by atoms with Gasteiger partial charge in [-0.2, -0.15) is 0 Å². The summed E-state index contributed by atoms with van der Waals surface area (Å²) in [6.07, 6.45) is 0. The number of benzene rings is 9. The van der Waals surface area contributed by atoms with Crippen LogP contribution in [-0.2, 0) is 0 Å². The first-order chi connectivity index (χ1) is 22.8.